The van der Waals surface area contributed by atoms with E-state index in [1.165, 1.54) is 36.1 Å². The first-order valence-corrected chi connectivity index (χ1v) is 8.73. The van der Waals surface area contributed by atoms with Crippen molar-refractivity contribution in [2.45, 2.75) is 51.6 Å². The zero-order valence-electron chi connectivity index (χ0n) is 12.3. The van der Waals surface area contributed by atoms with Gasteiger partial charge in [-0.25, -0.2) is 0 Å². The summed E-state index contributed by atoms with van der Waals surface area (Å²) >= 11 is 1.83. The van der Waals surface area contributed by atoms with Crippen LogP contribution in [0.15, 0.2) is 11.4 Å². The molecule has 110 valence electrons. The van der Waals surface area contributed by atoms with Crippen molar-refractivity contribution in [3.63, 3.8) is 0 Å². The standard InChI is InChI=1S/C16H24N2OS/c1-2-14-5-3-4-8-17(14)12-16(19)18-9-6-15-13(11-18)7-10-20-15/h7,10,14H,2-6,8-9,11-12H2,1H3. The molecule has 3 rings (SSSR count). The third-order valence-corrected chi connectivity index (χ3v) is 5.74. The van der Waals surface area contributed by atoms with Gasteiger partial charge in [0.2, 0.25) is 5.91 Å². The molecule has 0 aromatic carbocycles. The highest BCUT2D eigenvalue weighted by atomic mass is 32.1. The molecule has 0 aliphatic carbocycles. The maximum Gasteiger partial charge on any atom is 0.237 e. The summed E-state index contributed by atoms with van der Waals surface area (Å²) in [4.78, 5) is 18.5. The number of carbonyl (C=O) groups is 1. The maximum absolute atomic E-state index is 12.5. The molecule has 2 aliphatic rings. The molecule has 2 aliphatic heterocycles. The minimum atomic E-state index is 0.321. The van der Waals surface area contributed by atoms with Gasteiger partial charge in [0.25, 0.3) is 0 Å². The first-order chi connectivity index (χ1) is 9.78. The van der Waals surface area contributed by atoms with Gasteiger partial charge in [-0.15, -0.1) is 11.3 Å². The average molecular weight is 292 g/mol. The number of piperidine rings is 1. The lowest BCUT2D eigenvalue weighted by Crippen LogP contribution is -2.47. The van der Waals surface area contributed by atoms with Crippen molar-refractivity contribution in [2.75, 3.05) is 19.6 Å². The van der Waals surface area contributed by atoms with Crippen LogP contribution in [0.2, 0.25) is 0 Å². The SMILES string of the molecule is CCC1CCCCN1CC(=O)N1CCc2sccc2C1. The van der Waals surface area contributed by atoms with Crippen molar-refractivity contribution in [3.05, 3.63) is 21.9 Å². The van der Waals surface area contributed by atoms with Crippen molar-refractivity contribution < 1.29 is 4.79 Å². The van der Waals surface area contributed by atoms with Crippen molar-refractivity contribution >= 4 is 17.2 Å². The normalized spacial score (nSPS) is 23.6. The van der Waals surface area contributed by atoms with Gasteiger partial charge in [0.05, 0.1) is 6.54 Å². The molecule has 0 radical (unpaired) electrons. The van der Waals surface area contributed by atoms with E-state index in [1.807, 2.05) is 11.3 Å². The summed E-state index contributed by atoms with van der Waals surface area (Å²) in [6.07, 6.45) is 6.04. The van der Waals surface area contributed by atoms with E-state index >= 15 is 0 Å². The molecule has 20 heavy (non-hydrogen) atoms. The van der Waals surface area contributed by atoms with Gasteiger partial charge in [-0.2, -0.15) is 0 Å². The summed E-state index contributed by atoms with van der Waals surface area (Å²) in [6.45, 7) is 5.69. The lowest BCUT2D eigenvalue weighted by Gasteiger charge is -2.36. The molecular weight excluding hydrogens is 268 g/mol. The fraction of sp³-hybridized carbons (Fsp3) is 0.688. The van der Waals surface area contributed by atoms with Crippen LogP contribution in [-0.2, 0) is 17.8 Å². The minimum absolute atomic E-state index is 0.321. The Bertz CT molecular complexity index is 471. The van der Waals surface area contributed by atoms with E-state index in [-0.39, 0.29) is 0 Å². The summed E-state index contributed by atoms with van der Waals surface area (Å²) < 4.78 is 0. The molecule has 0 saturated carbocycles. The number of hydrogen-bond acceptors (Lipinski definition) is 3. The van der Waals surface area contributed by atoms with Crippen LogP contribution >= 0.6 is 11.3 Å². The zero-order chi connectivity index (χ0) is 13.9. The van der Waals surface area contributed by atoms with Crippen LogP contribution in [0.1, 0.15) is 43.0 Å². The fourth-order valence-electron chi connectivity index (χ4n) is 3.47. The van der Waals surface area contributed by atoms with Crippen molar-refractivity contribution in [2.24, 2.45) is 0 Å². The predicted molar refractivity (Wildman–Crippen MR) is 82.9 cm³/mol. The topological polar surface area (TPSA) is 23.6 Å². The Morgan fingerprint density at radius 3 is 3.15 bits per heavy atom. The Hall–Kier alpha value is -0.870. The highest BCUT2D eigenvalue weighted by molar-refractivity contribution is 7.10. The van der Waals surface area contributed by atoms with E-state index < -0.39 is 0 Å². The van der Waals surface area contributed by atoms with Gasteiger partial charge in [-0.05, 0) is 49.2 Å². The van der Waals surface area contributed by atoms with E-state index in [4.69, 9.17) is 0 Å². The Kier molecular flexibility index (Phi) is 4.41. The monoisotopic (exact) mass is 292 g/mol. The molecule has 0 spiro atoms. The van der Waals surface area contributed by atoms with Gasteiger partial charge in [-0.1, -0.05) is 13.3 Å². The first-order valence-electron chi connectivity index (χ1n) is 7.85. The number of amides is 1. The van der Waals surface area contributed by atoms with Crippen LogP contribution in [0.5, 0.6) is 0 Å². The molecule has 4 heteroatoms. The number of carbonyl (C=O) groups excluding carboxylic acids is 1. The van der Waals surface area contributed by atoms with Gasteiger partial charge in [0.1, 0.15) is 0 Å². The van der Waals surface area contributed by atoms with E-state index in [1.54, 1.807) is 0 Å². The van der Waals surface area contributed by atoms with Gasteiger partial charge in [-0.3, -0.25) is 9.69 Å². The largest absolute Gasteiger partial charge is 0.337 e. The van der Waals surface area contributed by atoms with Crippen LogP contribution < -0.4 is 0 Å². The van der Waals surface area contributed by atoms with E-state index in [0.29, 0.717) is 18.5 Å². The lowest BCUT2D eigenvalue weighted by atomic mass is 10.00. The summed E-state index contributed by atoms with van der Waals surface area (Å²) in [6, 6.07) is 2.80. The predicted octanol–water partition coefficient (Wildman–Crippen LogP) is 2.90. The quantitative estimate of drug-likeness (QED) is 0.855. The second-order valence-electron chi connectivity index (χ2n) is 5.96. The molecule has 3 heterocycles. The molecule has 0 bridgehead atoms. The Labute approximate surface area is 125 Å². The van der Waals surface area contributed by atoms with Gasteiger partial charge >= 0.3 is 0 Å². The third kappa shape index (κ3) is 2.91. The molecule has 1 saturated heterocycles. The van der Waals surface area contributed by atoms with E-state index in [2.05, 4.69) is 28.2 Å². The number of fused-ring (bicyclic) bond motifs is 1. The summed E-state index contributed by atoms with van der Waals surface area (Å²) in [7, 11) is 0. The molecule has 1 aromatic rings. The highest BCUT2D eigenvalue weighted by Gasteiger charge is 2.27. The molecule has 1 atom stereocenters. The lowest BCUT2D eigenvalue weighted by molar-refractivity contribution is -0.134. The second kappa shape index (κ2) is 6.27. The van der Waals surface area contributed by atoms with Crippen LogP contribution in [0.4, 0.5) is 0 Å². The summed E-state index contributed by atoms with van der Waals surface area (Å²) in [5.41, 5.74) is 1.36. The highest BCUT2D eigenvalue weighted by Crippen LogP contribution is 2.25. The van der Waals surface area contributed by atoms with Crippen LogP contribution in [0.25, 0.3) is 0 Å². The molecule has 3 nitrogen and oxygen atoms in total. The minimum Gasteiger partial charge on any atom is -0.337 e. The molecule has 1 fully saturated rings. The van der Waals surface area contributed by atoms with E-state index in [9.17, 15) is 4.79 Å². The Balaban J connectivity index is 1.59. The maximum atomic E-state index is 12.5. The molecule has 1 amide bonds. The van der Waals surface area contributed by atoms with E-state index in [0.717, 1.165) is 26.1 Å². The van der Waals surface area contributed by atoms with Gasteiger partial charge in [0, 0.05) is 24.0 Å². The number of thiophene rings is 1. The van der Waals surface area contributed by atoms with Crippen LogP contribution in [0, 0.1) is 0 Å². The number of rotatable bonds is 3. The first kappa shape index (κ1) is 14.1. The zero-order valence-corrected chi connectivity index (χ0v) is 13.1. The Morgan fingerprint density at radius 2 is 2.30 bits per heavy atom. The average Bonchev–Trinajstić information content (AvgIpc) is 2.95. The molecular formula is C16H24N2OS. The molecule has 1 unspecified atom stereocenters. The molecule has 1 aromatic heterocycles. The Morgan fingerprint density at radius 1 is 1.40 bits per heavy atom. The van der Waals surface area contributed by atoms with Crippen molar-refractivity contribution in [1.82, 2.24) is 9.80 Å². The summed E-state index contributed by atoms with van der Waals surface area (Å²) in [5, 5.41) is 2.15. The second-order valence-corrected chi connectivity index (χ2v) is 6.96. The number of likely N-dealkylation sites (tertiary alicyclic amines) is 1. The van der Waals surface area contributed by atoms with Gasteiger partial charge in [0.15, 0.2) is 0 Å². The third-order valence-electron chi connectivity index (χ3n) is 4.72. The molecule has 0 N–H and O–H groups in total. The van der Waals surface area contributed by atoms with Crippen LogP contribution in [-0.4, -0.2) is 41.4 Å². The van der Waals surface area contributed by atoms with Crippen LogP contribution in [0.3, 0.4) is 0 Å². The number of nitrogens with zero attached hydrogens (tertiary/aromatic N) is 2. The van der Waals surface area contributed by atoms with Crippen molar-refractivity contribution in [3.8, 4) is 0 Å². The van der Waals surface area contributed by atoms with Crippen molar-refractivity contribution in [1.29, 1.82) is 0 Å². The van der Waals surface area contributed by atoms with Gasteiger partial charge < -0.3 is 4.90 Å². The fourth-order valence-corrected chi connectivity index (χ4v) is 4.36. The summed E-state index contributed by atoms with van der Waals surface area (Å²) in [5.74, 6) is 0.321. The number of hydrogen-bond donors (Lipinski definition) is 0. The smallest absolute Gasteiger partial charge is 0.237 e.